The van der Waals surface area contributed by atoms with Crippen molar-refractivity contribution < 1.29 is 26.6 Å². The smallest absolute Gasteiger partial charge is 0.371 e. The van der Waals surface area contributed by atoms with E-state index in [-0.39, 0.29) is 47.7 Å². The summed E-state index contributed by atoms with van der Waals surface area (Å²) in [5.74, 6) is 0. The first-order chi connectivity index (χ1) is 13.6. The number of rotatable bonds is 15. The third-order valence-electron chi connectivity index (χ3n) is 4.27. The molecule has 0 N–H and O–H groups in total. The molecule has 8 heteroatoms. The Morgan fingerprint density at radius 2 is 0.433 bits per heavy atom. The molecule has 0 aromatic carbocycles. The van der Waals surface area contributed by atoms with Crippen molar-refractivity contribution in [2.24, 2.45) is 0 Å². The molecule has 0 radical (unpaired) electrons. The summed E-state index contributed by atoms with van der Waals surface area (Å²) in [5.41, 5.74) is -0.153. The van der Waals surface area contributed by atoms with Crippen LogP contribution in [0.5, 0.6) is 0 Å². The fourth-order valence-corrected chi connectivity index (χ4v) is 11.4. The number of hydrogen-bond donors (Lipinski definition) is 0. The summed E-state index contributed by atoms with van der Waals surface area (Å²) in [5, 5.41) is 0. The molecule has 182 valence electrons. The van der Waals surface area contributed by atoms with Gasteiger partial charge >= 0.3 is 17.6 Å². The quantitative estimate of drug-likeness (QED) is 0.268. The molecule has 0 fully saturated rings. The normalized spacial score (nSPS) is 16.0. The average Bonchev–Trinajstić information content (AvgIpc) is 2.48. The van der Waals surface area contributed by atoms with Crippen molar-refractivity contribution in [1.82, 2.24) is 0 Å². The number of hydrogen-bond acceptors (Lipinski definition) is 6. The molecule has 0 rings (SSSR count). The van der Waals surface area contributed by atoms with Crippen LogP contribution >= 0.6 is 0 Å². The van der Waals surface area contributed by atoms with Gasteiger partial charge in [0.15, 0.2) is 0 Å². The van der Waals surface area contributed by atoms with Crippen LogP contribution in [0.3, 0.4) is 0 Å². The van der Waals surface area contributed by atoms with E-state index in [1.54, 1.807) is 0 Å². The Hall–Kier alpha value is 0.194. The van der Waals surface area contributed by atoms with Crippen molar-refractivity contribution in [3.05, 3.63) is 0 Å². The summed E-state index contributed by atoms with van der Waals surface area (Å²) < 4.78 is 39.0. The van der Waals surface area contributed by atoms with Gasteiger partial charge in [0.2, 0.25) is 0 Å². The molecule has 0 aromatic rings. The van der Waals surface area contributed by atoms with Gasteiger partial charge in [0.1, 0.15) is 0 Å². The molecule has 0 spiro atoms. The van der Waals surface area contributed by atoms with Gasteiger partial charge in [-0.2, -0.15) is 0 Å². The van der Waals surface area contributed by atoms with Crippen molar-refractivity contribution in [2.45, 2.75) is 145 Å². The lowest BCUT2D eigenvalue weighted by Crippen LogP contribution is -2.61. The summed E-state index contributed by atoms with van der Waals surface area (Å²) in [6, 6.07) is 0. The molecule has 0 aliphatic carbocycles. The standard InChI is InChI=1S/C22H50O6Si2/c1-15(2)23-29(24-16(3)4,25-17(5)6)21(13)22(14)30(26-18(7)8,27-19(9)10)28-20(11)12/h15-22H,1-14H3. The van der Waals surface area contributed by atoms with E-state index < -0.39 is 17.6 Å². The minimum Gasteiger partial charge on any atom is -0.371 e. The molecule has 2 unspecified atom stereocenters. The first-order valence-corrected chi connectivity index (χ1v) is 15.2. The van der Waals surface area contributed by atoms with Gasteiger partial charge in [-0.1, -0.05) is 13.8 Å². The molecular formula is C22H50O6Si2. The first kappa shape index (κ1) is 30.2. The van der Waals surface area contributed by atoms with Crippen molar-refractivity contribution in [3.63, 3.8) is 0 Å². The zero-order valence-corrected chi connectivity index (χ0v) is 24.1. The lowest BCUT2D eigenvalue weighted by atomic mass is 10.4. The molecule has 0 bridgehead atoms. The SMILES string of the molecule is CC(C)O[Si](OC(C)C)(OC(C)C)C(C)C(C)[Si](OC(C)C)(OC(C)C)OC(C)C. The fourth-order valence-electron chi connectivity index (χ4n) is 3.39. The Kier molecular flexibility index (Phi) is 13.1. The third kappa shape index (κ3) is 9.77. The predicted molar refractivity (Wildman–Crippen MR) is 128 cm³/mol. The summed E-state index contributed by atoms with van der Waals surface area (Å²) >= 11 is 0. The summed E-state index contributed by atoms with van der Waals surface area (Å²) in [6.45, 7) is 28.6. The van der Waals surface area contributed by atoms with Crippen LogP contribution in [0, 0.1) is 0 Å². The van der Waals surface area contributed by atoms with Crippen LogP contribution in [0.15, 0.2) is 0 Å². The Balaban J connectivity index is 6.44. The molecule has 6 nitrogen and oxygen atoms in total. The van der Waals surface area contributed by atoms with Crippen LogP contribution in [0.1, 0.15) is 96.9 Å². The minimum absolute atomic E-state index is 0.0251. The largest absolute Gasteiger partial charge is 0.504 e. The fraction of sp³-hybridized carbons (Fsp3) is 1.00. The Labute approximate surface area is 189 Å². The molecule has 30 heavy (non-hydrogen) atoms. The van der Waals surface area contributed by atoms with E-state index in [1.807, 2.05) is 83.1 Å². The molecule has 0 saturated heterocycles. The van der Waals surface area contributed by atoms with Gasteiger partial charge in [-0.25, -0.2) is 0 Å². The molecule has 0 saturated carbocycles. The highest BCUT2D eigenvalue weighted by Crippen LogP contribution is 2.45. The topological polar surface area (TPSA) is 55.4 Å². The lowest BCUT2D eigenvalue weighted by Gasteiger charge is -2.45. The van der Waals surface area contributed by atoms with Crippen LogP contribution < -0.4 is 0 Å². The average molecular weight is 467 g/mol. The second-order valence-corrected chi connectivity index (χ2v) is 15.4. The van der Waals surface area contributed by atoms with Gasteiger partial charge in [-0.05, 0) is 83.1 Å². The van der Waals surface area contributed by atoms with E-state index >= 15 is 0 Å². The van der Waals surface area contributed by atoms with E-state index in [9.17, 15) is 0 Å². The van der Waals surface area contributed by atoms with Crippen molar-refractivity contribution in [1.29, 1.82) is 0 Å². The first-order valence-electron chi connectivity index (χ1n) is 11.6. The van der Waals surface area contributed by atoms with Crippen molar-refractivity contribution >= 4 is 17.6 Å². The van der Waals surface area contributed by atoms with E-state index in [0.29, 0.717) is 0 Å². The molecule has 0 aromatic heterocycles. The van der Waals surface area contributed by atoms with E-state index in [4.69, 9.17) is 26.6 Å². The Morgan fingerprint density at radius 1 is 0.300 bits per heavy atom. The Bertz CT molecular complexity index is 373. The van der Waals surface area contributed by atoms with Gasteiger partial charge in [0, 0.05) is 47.7 Å². The van der Waals surface area contributed by atoms with Gasteiger partial charge in [-0.15, -0.1) is 0 Å². The zero-order valence-electron chi connectivity index (χ0n) is 22.1. The van der Waals surface area contributed by atoms with Gasteiger partial charge in [-0.3, -0.25) is 0 Å². The van der Waals surface area contributed by atoms with Crippen LogP contribution in [0.2, 0.25) is 11.1 Å². The van der Waals surface area contributed by atoms with Crippen molar-refractivity contribution in [3.8, 4) is 0 Å². The van der Waals surface area contributed by atoms with Crippen LogP contribution in [0.25, 0.3) is 0 Å². The second-order valence-electron chi connectivity index (χ2n) is 9.78. The van der Waals surface area contributed by atoms with Gasteiger partial charge < -0.3 is 26.6 Å². The van der Waals surface area contributed by atoms with Gasteiger partial charge in [0.25, 0.3) is 0 Å². The Morgan fingerprint density at radius 3 is 0.533 bits per heavy atom. The molecule has 0 amide bonds. The summed E-state index contributed by atoms with van der Waals surface area (Å²) in [4.78, 5) is 0. The monoisotopic (exact) mass is 466 g/mol. The maximum Gasteiger partial charge on any atom is 0.504 e. The minimum atomic E-state index is -3.12. The van der Waals surface area contributed by atoms with Crippen molar-refractivity contribution in [2.75, 3.05) is 0 Å². The maximum absolute atomic E-state index is 6.50. The maximum atomic E-state index is 6.50. The highest BCUT2D eigenvalue weighted by Gasteiger charge is 2.61. The van der Waals surface area contributed by atoms with E-state index in [0.717, 1.165) is 0 Å². The second kappa shape index (κ2) is 13.0. The zero-order chi connectivity index (χ0) is 23.9. The third-order valence-corrected chi connectivity index (χ3v) is 12.6. The molecular weight excluding hydrogens is 416 g/mol. The summed E-state index contributed by atoms with van der Waals surface area (Å²) in [6.07, 6.45) is -0.150. The molecule has 0 aliphatic rings. The highest BCUT2D eigenvalue weighted by atomic mass is 28.4. The van der Waals surface area contributed by atoms with Gasteiger partial charge in [0.05, 0.1) is 0 Å². The van der Waals surface area contributed by atoms with E-state index in [1.165, 1.54) is 0 Å². The van der Waals surface area contributed by atoms with Crippen LogP contribution in [-0.2, 0) is 26.6 Å². The molecule has 0 heterocycles. The molecule has 0 aliphatic heterocycles. The van der Waals surface area contributed by atoms with Crippen LogP contribution in [-0.4, -0.2) is 54.2 Å². The predicted octanol–water partition coefficient (Wildman–Crippen LogP) is 6.19. The highest BCUT2D eigenvalue weighted by molar-refractivity contribution is 6.69. The molecule has 2 atom stereocenters. The van der Waals surface area contributed by atoms with Crippen LogP contribution in [0.4, 0.5) is 0 Å². The summed E-state index contributed by atoms with van der Waals surface area (Å²) in [7, 11) is -6.24. The van der Waals surface area contributed by atoms with E-state index in [2.05, 4.69) is 13.8 Å². The lowest BCUT2D eigenvalue weighted by molar-refractivity contribution is -0.0216.